The molecule has 0 saturated carbocycles. The largest absolute Gasteiger partial charge is 0.545 e. The van der Waals surface area contributed by atoms with E-state index in [0.717, 1.165) is 43.3 Å². The molecule has 2 atom stereocenters. The van der Waals surface area contributed by atoms with Gasteiger partial charge >= 0.3 is 0 Å². The van der Waals surface area contributed by atoms with Gasteiger partial charge in [0.25, 0.3) is 5.91 Å². The third-order valence-corrected chi connectivity index (χ3v) is 14.5. The first-order valence-electron chi connectivity index (χ1n) is 25.1. The molecule has 4 heterocycles. The Bertz CT molecular complexity index is 3390. The second kappa shape index (κ2) is 24.2. The van der Waals surface area contributed by atoms with Crippen LogP contribution >= 0.6 is 11.3 Å². The summed E-state index contributed by atoms with van der Waals surface area (Å²) in [7, 11) is 7.71. The number of hydrogen-bond donors (Lipinski definition) is 3. The van der Waals surface area contributed by atoms with Gasteiger partial charge < -0.3 is 49.4 Å². The number of carboxylic acids is 1. The maximum absolute atomic E-state index is 13.9. The Morgan fingerprint density at radius 3 is 2.21 bits per heavy atom. The molecule has 76 heavy (non-hydrogen) atoms. The smallest absolute Gasteiger partial charge is 0.251 e. The Morgan fingerprint density at radius 1 is 0.855 bits per heavy atom. The van der Waals surface area contributed by atoms with Crippen LogP contribution in [-0.2, 0) is 23.8 Å². The van der Waals surface area contributed by atoms with Crippen LogP contribution in [0.3, 0.4) is 0 Å². The summed E-state index contributed by atoms with van der Waals surface area (Å²) in [5.74, 6) is -0.975. The van der Waals surface area contributed by atoms with Crippen LogP contribution in [0, 0.1) is 26.7 Å². The molecular formula is C57H63N9O9S. The number of anilines is 2. The average molecular weight is 1050 g/mol. The number of nitrogens with zero attached hydrogens (tertiary/aromatic N) is 6. The van der Waals surface area contributed by atoms with Gasteiger partial charge in [-0.05, 0) is 86.9 Å². The molecule has 0 saturated heterocycles. The summed E-state index contributed by atoms with van der Waals surface area (Å²) >= 11 is 1.64. The fourth-order valence-electron chi connectivity index (χ4n) is 9.12. The number of carbonyl (C=O) groups is 4. The van der Waals surface area contributed by atoms with Gasteiger partial charge in [-0.15, -0.1) is 21.5 Å². The number of amides is 3. The summed E-state index contributed by atoms with van der Waals surface area (Å²) in [4.78, 5) is 60.4. The van der Waals surface area contributed by atoms with Crippen molar-refractivity contribution in [3.63, 3.8) is 0 Å². The predicted octanol–water partition coefficient (Wildman–Crippen LogP) is 5.87. The summed E-state index contributed by atoms with van der Waals surface area (Å²) < 4.78 is 27.6. The van der Waals surface area contributed by atoms with E-state index in [1.54, 1.807) is 17.4 Å². The lowest BCUT2D eigenvalue weighted by atomic mass is 9.89. The average Bonchev–Trinajstić information content (AvgIpc) is 3.93. The summed E-state index contributed by atoms with van der Waals surface area (Å²) in [6, 6.07) is 22.8. The van der Waals surface area contributed by atoms with Gasteiger partial charge in [0.2, 0.25) is 17.2 Å². The topological polar surface area (TPSA) is 218 Å². The summed E-state index contributed by atoms with van der Waals surface area (Å²) in [5.41, 5.74) is 7.53. The lowest BCUT2D eigenvalue weighted by molar-refractivity contribution is -0.255. The quantitative estimate of drug-likeness (QED) is 0.0314. The highest BCUT2D eigenvalue weighted by Crippen LogP contribution is 2.43. The Hall–Kier alpha value is -7.84. The number of ether oxygens (including phenoxy) is 3. The van der Waals surface area contributed by atoms with Crippen molar-refractivity contribution < 1.29 is 42.9 Å². The van der Waals surface area contributed by atoms with Crippen molar-refractivity contribution >= 4 is 63.1 Å². The minimum atomic E-state index is -1.37. The molecule has 3 amide bonds. The Morgan fingerprint density at radius 2 is 1.55 bits per heavy atom. The number of fused-ring (bicyclic) bond motifs is 5. The fourth-order valence-corrected chi connectivity index (χ4v) is 10.3. The first-order valence-corrected chi connectivity index (χ1v) is 25.9. The number of aromatic carboxylic acids is 1. The molecule has 3 N–H and O–H groups in total. The first-order chi connectivity index (χ1) is 36.6. The molecule has 19 heteroatoms. The third kappa shape index (κ3) is 11.8. The van der Waals surface area contributed by atoms with Gasteiger partial charge in [-0.2, -0.15) is 0 Å². The molecule has 8 rings (SSSR count). The monoisotopic (exact) mass is 1050 g/mol. The van der Waals surface area contributed by atoms with E-state index < -0.39 is 23.8 Å². The number of carboxylic acid groups (broad SMARTS) is 1. The van der Waals surface area contributed by atoms with Crippen LogP contribution in [-0.4, -0.2) is 125 Å². The lowest BCUT2D eigenvalue weighted by Gasteiger charge is -2.22. The van der Waals surface area contributed by atoms with E-state index in [-0.39, 0.29) is 55.9 Å². The van der Waals surface area contributed by atoms with E-state index in [1.807, 2.05) is 117 Å². The number of rotatable bonds is 22. The first kappa shape index (κ1) is 54.4. The number of aliphatic imine (C=N–C) groups is 1. The molecule has 396 valence electrons. The number of carbonyl (C=O) groups excluding carboxylic acids is 4. The van der Waals surface area contributed by atoms with Crippen LogP contribution in [0.5, 0.6) is 0 Å². The minimum absolute atomic E-state index is 0.0555. The van der Waals surface area contributed by atoms with E-state index in [9.17, 15) is 24.3 Å². The molecule has 0 bridgehead atoms. The van der Waals surface area contributed by atoms with Crippen LogP contribution in [0.25, 0.3) is 38.4 Å². The van der Waals surface area contributed by atoms with Gasteiger partial charge in [-0.25, -0.2) is 4.58 Å². The van der Waals surface area contributed by atoms with Crippen LogP contribution in [0.4, 0.5) is 11.4 Å². The van der Waals surface area contributed by atoms with Crippen molar-refractivity contribution in [2.75, 3.05) is 91.1 Å². The van der Waals surface area contributed by atoms with Crippen molar-refractivity contribution in [2.45, 2.75) is 40.2 Å². The normalized spacial score (nSPS) is 13.3. The van der Waals surface area contributed by atoms with Crippen molar-refractivity contribution in [1.82, 2.24) is 30.0 Å². The molecule has 0 unspecified atom stereocenters. The number of aromatic nitrogens is 3. The Balaban J connectivity index is 0.805. The fraction of sp³-hybridized carbons (Fsp3) is 0.333. The zero-order chi connectivity index (χ0) is 54.2. The number of thiophene rings is 1. The summed E-state index contributed by atoms with van der Waals surface area (Å²) in [6.07, 6.45) is 1.71. The standard InChI is InChI=1S/C57H63N9O9S/c1-10-41(52-53-63-62-35(5)66(53)56-49(33(3)34(4)76-56)51(61-52)36-12-15-38(16-13-36)60-48(67)11-2)55(69)59-23-25-73-27-29-74-28-26-72-24-22-58-54(68)37-14-19-42(57(70)71)45(30-37)50-43-20-17-39(64(6)7)31-46(43)75-47-32-40(65(8)9)18-21-44(47)50/h11-21,30-32,41,52H,2,10,22-29H2,1,3-9H3,(H3-,58,59,60,61,67,68,69,70,71)/t41-,52+/m1/s1. The van der Waals surface area contributed by atoms with Crippen molar-refractivity contribution in [3.8, 4) is 27.5 Å². The number of aryl methyl sites for hydroxylation is 2. The minimum Gasteiger partial charge on any atom is -0.545 e. The van der Waals surface area contributed by atoms with E-state index in [1.165, 1.54) is 18.2 Å². The van der Waals surface area contributed by atoms with Crippen LogP contribution in [0.1, 0.15) is 73.3 Å². The lowest BCUT2D eigenvalue weighted by Crippen LogP contribution is -2.36. The second-order valence-corrected chi connectivity index (χ2v) is 19.9. The van der Waals surface area contributed by atoms with E-state index in [4.69, 9.17) is 23.6 Å². The van der Waals surface area contributed by atoms with Gasteiger partial charge in [-0.1, -0.05) is 31.7 Å². The summed E-state index contributed by atoms with van der Waals surface area (Å²) in [6.45, 7) is 13.7. The van der Waals surface area contributed by atoms with Crippen molar-refractivity contribution in [2.24, 2.45) is 10.9 Å². The molecule has 5 aromatic rings. The number of benzene rings is 4. The van der Waals surface area contributed by atoms with Gasteiger partial charge in [0.15, 0.2) is 5.82 Å². The second-order valence-electron chi connectivity index (χ2n) is 18.7. The van der Waals surface area contributed by atoms with E-state index >= 15 is 0 Å². The molecule has 1 aliphatic carbocycles. The van der Waals surface area contributed by atoms with Crippen LogP contribution in [0.2, 0.25) is 0 Å². The highest BCUT2D eigenvalue weighted by atomic mass is 32.1. The molecule has 18 nitrogen and oxygen atoms in total. The Kier molecular flexibility index (Phi) is 17.3. The van der Waals surface area contributed by atoms with Crippen molar-refractivity contribution in [3.05, 3.63) is 141 Å². The molecule has 3 aliphatic rings. The van der Waals surface area contributed by atoms with Gasteiger partial charge in [0.05, 0.1) is 63.3 Å². The third-order valence-electron chi connectivity index (χ3n) is 13.3. The SMILES string of the molecule is C=CC(=O)Nc1ccc(C2=N[C@@H]([C@@H](CC)C(=O)NCCOCCOCCOCCNC(=O)c3ccc(C(=O)[O-])c(-c4c5ccc(=[N+](C)C)cc-5oc5cc(N(C)C)ccc45)c3)c3nnc(C)n3-c3sc(C)c(C)c32)cc1. The molecule has 3 aromatic carbocycles. The zero-order valence-electron chi connectivity index (χ0n) is 44.1. The number of nitrogens with one attached hydrogen (secondary N) is 3. The van der Waals surface area contributed by atoms with Gasteiger partial charge in [0, 0.05) is 94.3 Å². The molecule has 0 radical (unpaired) electrons. The van der Waals surface area contributed by atoms with E-state index in [0.29, 0.717) is 77.0 Å². The molecule has 2 aromatic heterocycles. The predicted molar refractivity (Wildman–Crippen MR) is 293 cm³/mol. The van der Waals surface area contributed by atoms with Crippen LogP contribution in [0.15, 0.2) is 101 Å². The van der Waals surface area contributed by atoms with Crippen molar-refractivity contribution in [1.29, 1.82) is 0 Å². The van der Waals surface area contributed by atoms with Gasteiger partial charge in [-0.3, -0.25) is 23.9 Å². The van der Waals surface area contributed by atoms with E-state index in [2.05, 4.69) is 46.6 Å². The maximum Gasteiger partial charge on any atom is 0.251 e. The highest BCUT2D eigenvalue weighted by molar-refractivity contribution is 7.15. The highest BCUT2D eigenvalue weighted by Gasteiger charge is 2.37. The molecule has 2 aliphatic heterocycles. The molecule has 0 spiro atoms. The molecular weight excluding hydrogens is 987 g/mol. The molecule has 0 fully saturated rings. The summed E-state index contributed by atoms with van der Waals surface area (Å²) in [5, 5.41) is 32.8. The van der Waals surface area contributed by atoms with Crippen LogP contribution < -0.4 is 35.9 Å². The zero-order valence-corrected chi connectivity index (χ0v) is 44.9. The number of hydrogen-bond acceptors (Lipinski definition) is 14. The maximum atomic E-state index is 13.9. The Labute approximate surface area is 445 Å². The van der Waals surface area contributed by atoms with Gasteiger partial charge in [0.1, 0.15) is 42.3 Å².